The smallest absolute Gasteiger partial charge is 0.257 e. The van der Waals surface area contributed by atoms with Crippen LogP contribution >= 0.6 is 0 Å². The minimum Gasteiger partial charge on any atom is -0.487 e. The maximum absolute atomic E-state index is 13.4. The van der Waals surface area contributed by atoms with Crippen molar-refractivity contribution < 1.29 is 28.6 Å². The number of hydrogen-bond donors (Lipinski definition) is 3. The van der Waals surface area contributed by atoms with Crippen LogP contribution in [-0.4, -0.2) is 46.8 Å². The van der Waals surface area contributed by atoms with Gasteiger partial charge < -0.3 is 25.2 Å². The molecule has 0 unspecified atom stereocenters. The van der Waals surface area contributed by atoms with Gasteiger partial charge in [0, 0.05) is 36.1 Å². The lowest BCUT2D eigenvalue weighted by Crippen LogP contribution is -2.47. The molecule has 4 atom stereocenters. The predicted octanol–water partition coefficient (Wildman–Crippen LogP) is 3.17. The van der Waals surface area contributed by atoms with E-state index in [9.17, 15) is 19.1 Å². The van der Waals surface area contributed by atoms with Crippen molar-refractivity contribution in [1.29, 1.82) is 0 Å². The van der Waals surface area contributed by atoms with Crippen LogP contribution in [0.5, 0.6) is 5.75 Å². The Balaban J connectivity index is 1.26. The molecule has 0 saturated carbocycles. The van der Waals surface area contributed by atoms with Crippen molar-refractivity contribution in [1.82, 2.24) is 10.3 Å². The highest BCUT2D eigenvalue weighted by molar-refractivity contribution is 6.04. The summed E-state index contributed by atoms with van der Waals surface area (Å²) < 4.78 is 25.5. The first-order chi connectivity index (χ1) is 17.5. The zero-order valence-electron chi connectivity index (χ0n) is 19.4. The van der Waals surface area contributed by atoms with Crippen molar-refractivity contribution in [3.8, 4) is 5.75 Å². The summed E-state index contributed by atoms with van der Waals surface area (Å²) in [5.41, 5.74) is 2.63. The first kappa shape index (κ1) is 23.9. The number of anilines is 1. The molecule has 1 saturated heterocycles. The molecule has 3 heterocycles. The Morgan fingerprint density at radius 3 is 2.81 bits per heavy atom. The predicted molar refractivity (Wildman–Crippen MR) is 129 cm³/mol. The molecule has 186 valence electrons. The number of fused-ring (bicyclic) bond motifs is 3. The molecule has 5 rings (SSSR count). The van der Waals surface area contributed by atoms with E-state index >= 15 is 0 Å². The van der Waals surface area contributed by atoms with E-state index in [1.807, 2.05) is 6.07 Å². The van der Waals surface area contributed by atoms with Gasteiger partial charge in [-0.3, -0.25) is 14.6 Å². The molecular formula is C27H26FN3O5. The molecule has 0 spiro atoms. The van der Waals surface area contributed by atoms with Crippen molar-refractivity contribution >= 4 is 17.5 Å². The number of rotatable bonds is 7. The number of carbonyl (C=O) groups excluding carboxylic acids is 2. The minimum absolute atomic E-state index is 0.0990. The van der Waals surface area contributed by atoms with Gasteiger partial charge in [0.2, 0.25) is 5.91 Å². The fraction of sp³-hybridized carbons (Fsp3) is 0.296. The lowest BCUT2D eigenvalue weighted by atomic mass is 9.84. The van der Waals surface area contributed by atoms with Crippen molar-refractivity contribution in [2.75, 3.05) is 11.9 Å². The van der Waals surface area contributed by atoms with E-state index in [2.05, 4.69) is 15.6 Å². The number of aliphatic hydroxyl groups is 1. The van der Waals surface area contributed by atoms with Crippen LogP contribution in [0.3, 0.4) is 0 Å². The Bertz CT molecular complexity index is 1260. The highest BCUT2D eigenvalue weighted by Gasteiger charge is 2.46. The summed E-state index contributed by atoms with van der Waals surface area (Å²) in [6, 6.07) is 14.9. The molecule has 2 aliphatic rings. The molecule has 36 heavy (non-hydrogen) atoms. The van der Waals surface area contributed by atoms with Gasteiger partial charge in [0.05, 0.1) is 24.7 Å². The molecular weight excluding hydrogens is 465 g/mol. The van der Waals surface area contributed by atoms with Gasteiger partial charge in [-0.1, -0.05) is 12.1 Å². The molecule has 2 aliphatic heterocycles. The van der Waals surface area contributed by atoms with Crippen LogP contribution in [-0.2, 0) is 16.1 Å². The van der Waals surface area contributed by atoms with E-state index in [0.29, 0.717) is 29.0 Å². The summed E-state index contributed by atoms with van der Waals surface area (Å²) in [4.78, 5) is 29.1. The number of ether oxygens (including phenoxy) is 2. The third-order valence-corrected chi connectivity index (χ3v) is 6.47. The van der Waals surface area contributed by atoms with E-state index in [1.165, 1.54) is 18.3 Å². The van der Waals surface area contributed by atoms with Gasteiger partial charge in [0.25, 0.3) is 5.91 Å². The van der Waals surface area contributed by atoms with E-state index in [1.54, 1.807) is 42.6 Å². The monoisotopic (exact) mass is 491 g/mol. The van der Waals surface area contributed by atoms with Gasteiger partial charge in [-0.2, -0.15) is 0 Å². The molecule has 8 nitrogen and oxygen atoms in total. The lowest BCUT2D eigenvalue weighted by Gasteiger charge is -2.37. The van der Waals surface area contributed by atoms with E-state index in [4.69, 9.17) is 9.47 Å². The molecule has 9 heteroatoms. The molecule has 3 aromatic rings. The van der Waals surface area contributed by atoms with E-state index in [-0.39, 0.29) is 49.2 Å². The number of amides is 2. The largest absolute Gasteiger partial charge is 0.487 e. The molecule has 3 N–H and O–H groups in total. The third-order valence-electron chi connectivity index (χ3n) is 6.47. The Hall–Kier alpha value is -3.82. The number of pyridine rings is 1. The second-order valence-electron chi connectivity index (χ2n) is 8.96. The Morgan fingerprint density at radius 1 is 1.14 bits per heavy atom. The van der Waals surface area contributed by atoms with E-state index in [0.717, 1.165) is 5.56 Å². The maximum atomic E-state index is 13.4. The summed E-state index contributed by atoms with van der Waals surface area (Å²) in [5.74, 6) is -0.294. The number of aromatic nitrogens is 1. The summed E-state index contributed by atoms with van der Waals surface area (Å²) in [6.45, 7) is -0.0358. The average molecular weight is 492 g/mol. The van der Waals surface area contributed by atoms with Crippen LogP contribution in [0.1, 0.15) is 40.2 Å². The second kappa shape index (κ2) is 10.4. The lowest BCUT2D eigenvalue weighted by molar-refractivity contribution is -0.142. The van der Waals surface area contributed by atoms with Gasteiger partial charge in [0.15, 0.2) is 0 Å². The van der Waals surface area contributed by atoms with Crippen molar-refractivity contribution in [3.63, 3.8) is 0 Å². The van der Waals surface area contributed by atoms with E-state index < -0.39 is 12.2 Å². The zero-order chi connectivity index (χ0) is 25.1. The number of aliphatic hydroxyl groups excluding tert-OH is 1. The fourth-order valence-corrected chi connectivity index (χ4v) is 4.79. The highest BCUT2D eigenvalue weighted by atomic mass is 19.1. The second-order valence-corrected chi connectivity index (χ2v) is 8.96. The molecule has 1 fully saturated rings. The topological polar surface area (TPSA) is 110 Å². The Morgan fingerprint density at radius 2 is 2.03 bits per heavy atom. The van der Waals surface area contributed by atoms with Gasteiger partial charge >= 0.3 is 0 Å². The number of carbonyl (C=O) groups is 2. The SMILES string of the molecule is O=C(C[C@@H]1C[C@@H]2c3cc(NC(=O)c4cccnc4)ccc3O[C@@H]2[C@H](CO)O1)NCc1cccc(F)c1. The van der Waals surface area contributed by atoms with Gasteiger partial charge in [-0.15, -0.1) is 0 Å². The molecule has 0 radical (unpaired) electrons. The first-order valence-corrected chi connectivity index (χ1v) is 11.8. The van der Waals surface area contributed by atoms with Crippen LogP contribution in [0.15, 0.2) is 67.0 Å². The molecule has 2 aromatic carbocycles. The highest BCUT2D eigenvalue weighted by Crippen LogP contribution is 2.47. The Labute approximate surface area is 207 Å². The van der Waals surface area contributed by atoms with Crippen LogP contribution in [0, 0.1) is 5.82 Å². The van der Waals surface area contributed by atoms with Crippen molar-refractivity contribution in [3.05, 3.63) is 89.5 Å². The van der Waals surface area contributed by atoms with Crippen LogP contribution in [0.4, 0.5) is 10.1 Å². The number of benzene rings is 2. The summed E-state index contributed by atoms with van der Waals surface area (Å²) in [5, 5.41) is 15.6. The maximum Gasteiger partial charge on any atom is 0.257 e. The molecule has 0 bridgehead atoms. The van der Waals surface area contributed by atoms with Crippen LogP contribution in [0.25, 0.3) is 0 Å². The van der Waals surface area contributed by atoms with Gasteiger partial charge in [0.1, 0.15) is 23.8 Å². The number of halogens is 1. The summed E-state index contributed by atoms with van der Waals surface area (Å²) >= 11 is 0. The quantitative estimate of drug-likeness (QED) is 0.468. The van der Waals surface area contributed by atoms with Crippen molar-refractivity contribution in [2.24, 2.45) is 0 Å². The van der Waals surface area contributed by atoms with Gasteiger partial charge in [-0.05, 0) is 54.4 Å². The minimum atomic E-state index is -0.592. The molecule has 2 amide bonds. The fourth-order valence-electron chi connectivity index (χ4n) is 4.79. The number of nitrogens with zero attached hydrogens (tertiary/aromatic N) is 1. The average Bonchev–Trinajstić information content (AvgIpc) is 3.25. The zero-order valence-corrected chi connectivity index (χ0v) is 19.4. The third kappa shape index (κ3) is 5.22. The van der Waals surface area contributed by atoms with Crippen LogP contribution in [0.2, 0.25) is 0 Å². The molecule has 1 aromatic heterocycles. The number of hydrogen-bond acceptors (Lipinski definition) is 6. The molecule has 0 aliphatic carbocycles. The first-order valence-electron chi connectivity index (χ1n) is 11.8. The number of nitrogens with one attached hydrogen (secondary N) is 2. The summed E-state index contributed by atoms with van der Waals surface area (Å²) in [7, 11) is 0. The van der Waals surface area contributed by atoms with Crippen LogP contribution < -0.4 is 15.4 Å². The normalized spacial score (nSPS) is 22.2. The Kier molecular flexibility index (Phi) is 6.92. The van der Waals surface area contributed by atoms with Crippen molar-refractivity contribution in [2.45, 2.75) is 43.6 Å². The van der Waals surface area contributed by atoms with Gasteiger partial charge in [-0.25, -0.2) is 4.39 Å². The summed E-state index contributed by atoms with van der Waals surface area (Å²) in [6.07, 6.45) is 2.30. The standard InChI is InChI=1S/C27H26FN3O5/c28-18-5-1-3-16(9-18)13-30-25(33)12-20-11-22-21-10-19(31-27(34)17-4-2-8-29-14-17)6-7-23(21)36-26(22)24(15-32)35-20/h1-10,14,20,22,24,26,32H,11-13,15H2,(H,30,33)(H,31,34)/t20-,22+,24-,26-/m0/s1.